The van der Waals surface area contributed by atoms with Crippen molar-refractivity contribution in [3.05, 3.63) is 35.9 Å². The minimum Gasteiger partial charge on any atom is -0.355 e. The first kappa shape index (κ1) is 17.3. The van der Waals surface area contributed by atoms with Gasteiger partial charge in [-0.25, -0.2) is 0 Å². The van der Waals surface area contributed by atoms with E-state index >= 15 is 0 Å². The Morgan fingerprint density at radius 2 is 1.96 bits per heavy atom. The number of nitrogens with one attached hydrogen (secondary N) is 1. The van der Waals surface area contributed by atoms with E-state index in [1.165, 1.54) is 4.90 Å². The van der Waals surface area contributed by atoms with E-state index in [4.69, 9.17) is 0 Å². The highest BCUT2D eigenvalue weighted by atomic mass is 19.4. The van der Waals surface area contributed by atoms with Gasteiger partial charge in [-0.15, -0.1) is 0 Å². The summed E-state index contributed by atoms with van der Waals surface area (Å²) in [6, 6.07) is 9.78. The lowest BCUT2D eigenvalue weighted by atomic mass is 9.64. The quantitative estimate of drug-likeness (QED) is 0.893. The summed E-state index contributed by atoms with van der Waals surface area (Å²) in [5.74, 6) is 0.124. The molecule has 0 radical (unpaired) electrons. The molecule has 1 saturated heterocycles. The number of hydrogen-bond acceptors (Lipinski definition) is 2. The Morgan fingerprint density at radius 1 is 1.25 bits per heavy atom. The smallest absolute Gasteiger partial charge is 0.355 e. The predicted molar refractivity (Wildman–Crippen MR) is 85.6 cm³/mol. The Bertz CT molecular complexity index is 569. The van der Waals surface area contributed by atoms with Gasteiger partial charge in [0.05, 0.1) is 12.0 Å². The van der Waals surface area contributed by atoms with Crippen LogP contribution >= 0.6 is 0 Å². The molecule has 3 nitrogen and oxygen atoms in total. The summed E-state index contributed by atoms with van der Waals surface area (Å²) >= 11 is 0. The Hall–Kier alpha value is -1.56. The van der Waals surface area contributed by atoms with Crippen LogP contribution in [-0.2, 0) is 10.2 Å². The molecule has 1 aliphatic heterocycles. The molecule has 3 rings (SSSR count). The highest BCUT2D eigenvalue weighted by Crippen LogP contribution is 2.43. The fourth-order valence-electron chi connectivity index (χ4n) is 3.82. The molecule has 132 valence electrons. The van der Waals surface area contributed by atoms with E-state index in [1.807, 2.05) is 30.3 Å². The van der Waals surface area contributed by atoms with Crippen LogP contribution in [-0.4, -0.2) is 43.2 Å². The third kappa shape index (κ3) is 3.74. The van der Waals surface area contributed by atoms with Gasteiger partial charge < -0.3 is 5.32 Å². The predicted octanol–water partition coefficient (Wildman–Crippen LogP) is 3.11. The summed E-state index contributed by atoms with van der Waals surface area (Å²) < 4.78 is 37.3. The maximum atomic E-state index is 12.7. The van der Waals surface area contributed by atoms with E-state index in [-0.39, 0.29) is 11.8 Å². The second kappa shape index (κ2) is 6.75. The van der Waals surface area contributed by atoms with Crippen LogP contribution in [0.4, 0.5) is 13.2 Å². The normalized spacial score (nSPS) is 23.7. The number of amides is 1. The highest BCUT2D eigenvalue weighted by molar-refractivity contribution is 5.89. The molecule has 0 unspecified atom stereocenters. The van der Waals surface area contributed by atoms with Crippen molar-refractivity contribution in [1.82, 2.24) is 10.2 Å². The lowest BCUT2D eigenvalue weighted by Gasteiger charge is -2.41. The van der Waals surface area contributed by atoms with Gasteiger partial charge in [0.15, 0.2) is 0 Å². The van der Waals surface area contributed by atoms with Crippen LogP contribution in [0.5, 0.6) is 0 Å². The fraction of sp³-hybridized carbons (Fsp3) is 0.611. The van der Waals surface area contributed by atoms with Gasteiger partial charge in [0.2, 0.25) is 5.91 Å². The van der Waals surface area contributed by atoms with E-state index in [9.17, 15) is 18.0 Å². The standard InChI is InChI=1S/C18H23F3N2O/c19-18(20,21)13-23-10-7-14(12-23)11-22-16(24)17(8-4-9-17)15-5-2-1-3-6-15/h1-3,5-6,14H,4,7-13H2,(H,22,24)/t14-/m0/s1. The number of carbonyl (C=O) groups excluding carboxylic acids is 1. The first-order valence-electron chi connectivity index (χ1n) is 8.52. The maximum Gasteiger partial charge on any atom is 0.401 e. The Kier molecular flexibility index (Phi) is 4.85. The molecular weight excluding hydrogens is 317 g/mol. The van der Waals surface area contributed by atoms with Crippen molar-refractivity contribution in [3.63, 3.8) is 0 Å². The van der Waals surface area contributed by atoms with Crippen molar-refractivity contribution in [3.8, 4) is 0 Å². The van der Waals surface area contributed by atoms with Crippen LogP contribution in [0.2, 0.25) is 0 Å². The number of carbonyl (C=O) groups is 1. The lowest BCUT2D eigenvalue weighted by molar-refractivity contribution is -0.144. The summed E-state index contributed by atoms with van der Waals surface area (Å²) in [7, 11) is 0. The van der Waals surface area contributed by atoms with Gasteiger partial charge in [-0.3, -0.25) is 9.69 Å². The molecule has 0 bridgehead atoms. The first-order valence-corrected chi connectivity index (χ1v) is 8.52. The zero-order valence-corrected chi connectivity index (χ0v) is 13.6. The lowest BCUT2D eigenvalue weighted by Crippen LogP contribution is -2.50. The maximum absolute atomic E-state index is 12.7. The Labute approximate surface area is 140 Å². The zero-order chi connectivity index (χ0) is 17.2. The second-order valence-electron chi connectivity index (χ2n) is 7.02. The van der Waals surface area contributed by atoms with Gasteiger partial charge >= 0.3 is 6.18 Å². The van der Waals surface area contributed by atoms with Crippen molar-refractivity contribution < 1.29 is 18.0 Å². The Morgan fingerprint density at radius 3 is 2.54 bits per heavy atom. The summed E-state index contributed by atoms with van der Waals surface area (Å²) in [6.45, 7) is 0.454. The summed E-state index contributed by atoms with van der Waals surface area (Å²) in [6.07, 6.45) is -0.733. The van der Waals surface area contributed by atoms with Gasteiger partial charge in [0, 0.05) is 13.1 Å². The topological polar surface area (TPSA) is 32.3 Å². The van der Waals surface area contributed by atoms with Crippen molar-refractivity contribution in [2.45, 2.75) is 37.3 Å². The molecule has 1 aliphatic carbocycles. The summed E-state index contributed by atoms with van der Waals surface area (Å²) in [4.78, 5) is 14.1. The van der Waals surface area contributed by atoms with Gasteiger partial charge in [0.25, 0.3) is 0 Å². The second-order valence-corrected chi connectivity index (χ2v) is 7.02. The van der Waals surface area contributed by atoms with Crippen molar-refractivity contribution in [1.29, 1.82) is 0 Å². The van der Waals surface area contributed by atoms with Crippen LogP contribution in [0.3, 0.4) is 0 Å². The van der Waals surface area contributed by atoms with Gasteiger partial charge in [0.1, 0.15) is 0 Å². The van der Waals surface area contributed by atoms with Gasteiger partial charge in [-0.1, -0.05) is 36.8 Å². The van der Waals surface area contributed by atoms with E-state index in [1.54, 1.807) is 0 Å². The molecule has 1 aromatic carbocycles. The highest BCUT2D eigenvalue weighted by Gasteiger charge is 2.45. The average molecular weight is 340 g/mol. The van der Waals surface area contributed by atoms with Crippen LogP contribution < -0.4 is 5.32 Å². The van der Waals surface area contributed by atoms with Crippen molar-refractivity contribution in [2.75, 3.05) is 26.2 Å². The molecule has 0 aromatic heterocycles. The monoisotopic (exact) mass is 340 g/mol. The van der Waals surface area contributed by atoms with Crippen molar-refractivity contribution >= 4 is 5.91 Å². The molecule has 1 amide bonds. The molecule has 2 fully saturated rings. The van der Waals surface area contributed by atoms with Crippen molar-refractivity contribution in [2.24, 2.45) is 5.92 Å². The average Bonchev–Trinajstić information content (AvgIpc) is 2.90. The third-order valence-electron chi connectivity index (χ3n) is 5.29. The summed E-state index contributed by atoms with van der Waals surface area (Å²) in [5, 5.41) is 3.00. The number of benzene rings is 1. The van der Waals surface area contributed by atoms with E-state index in [2.05, 4.69) is 5.32 Å². The number of rotatable bonds is 5. The van der Waals surface area contributed by atoms with E-state index in [0.29, 0.717) is 26.1 Å². The summed E-state index contributed by atoms with van der Waals surface area (Å²) in [5.41, 5.74) is 0.602. The van der Waals surface area contributed by atoms with Crippen LogP contribution in [0.1, 0.15) is 31.2 Å². The van der Waals surface area contributed by atoms with Crippen LogP contribution in [0, 0.1) is 5.92 Å². The third-order valence-corrected chi connectivity index (χ3v) is 5.29. The number of nitrogens with zero attached hydrogens (tertiary/aromatic N) is 1. The number of alkyl halides is 3. The molecule has 2 aliphatic rings. The molecule has 1 atom stereocenters. The van der Waals surface area contributed by atoms with Crippen LogP contribution in [0.25, 0.3) is 0 Å². The SMILES string of the molecule is O=C(NC[C@@H]1CCN(CC(F)(F)F)C1)C1(c2ccccc2)CCC1. The zero-order valence-electron chi connectivity index (χ0n) is 13.6. The minimum atomic E-state index is -4.15. The number of likely N-dealkylation sites (tertiary alicyclic amines) is 1. The van der Waals surface area contributed by atoms with Gasteiger partial charge in [-0.05, 0) is 37.3 Å². The van der Waals surface area contributed by atoms with E-state index < -0.39 is 18.1 Å². The molecule has 1 aromatic rings. The molecule has 6 heteroatoms. The van der Waals surface area contributed by atoms with E-state index in [0.717, 1.165) is 24.8 Å². The Balaban J connectivity index is 1.53. The molecular formula is C18H23F3N2O. The fourth-order valence-corrected chi connectivity index (χ4v) is 3.82. The molecule has 1 heterocycles. The minimum absolute atomic E-state index is 0.0224. The molecule has 1 N–H and O–H groups in total. The van der Waals surface area contributed by atoms with Gasteiger partial charge in [-0.2, -0.15) is 13.2 Å². The first-order chi connectivity index (χ1) is 11.4. The van der Waals surface area contributed by atoms with Crippen LogP contribution in [0.15, 0.2) is 30.3 Å². The molecule has 1 saturated carbocycles. The molecule has 0 spiro atoms. The number of halogens is 3. The molecule has 24 heavy (non-hydrogen) atoms. The largest absolute Gasteiger partial charge is 0.401 e. The number of hydrogen-bond donors (Lipinski definition) is 1.